The number of fused-ring (bicyclic) bond motifs is 5. The fraction of sp³-hybridized carbons (Fsp3) is 0.619. The standard InChI is InChI=1S/C21H26F2N2O5S/c1-31(27,28)24-17-6-4-12-25-18(17)13-29-15-10-8-14(9-11-15)16-5-2-3-7-19(16)30-21(22,23)20(25)26/h2-3,5,7,14-15,18H,4,6,8-13H2,1H3/b24-17+/t14?,15?,18-/m0/s1. The number of amides is 1. The van der Waals surface area contributed by atoms with Gasteiger partial charge in [-0.25, -0.2) is 8.42 Å². The summed E-state index contributed by atoms with van der Waals surface area (Å²) >= 11 is 0. The highest BCUT2D eigenvalue weighted by Gasteiger charge is 2.49. The second-order valence-corrected chi connectivity index (χ2v) is 10.0. The molecule has 1 aliphatic carbocycles. The Morgan fingerprint density at radius 3 is 2.58 bits per heavy atom. The Morgan fingerprint density at radius 2 is 1.87 bits per heavy atom. The molecular weight excluding hydrogens is 430 g/mol. The smallest absolute Gasteiger partial charge is 0.425 e. The minimum atomic E-state index is -4.10. The third-order valence-corrected chi connectivity index (χ3v) is 6.71. The van der Waals surface area contributed by atoms with E-state index in [1.165, 1.54) is 6.07 Å². The Bertz CT molecular complexity index is 974. The zero-order valence-electron chi connectivity index (χ0n) is 17.3. The Morgan fingerprint density at radius 1 is 1.16 bits per heavy atom. The topological polar surface area (TPSA) is 85.3 Å². The van der Waals surface area contributed by atoms with Crippen molar-refractivity contribution in [2.45, 2.75) is 62.7 Å². The van der Waals surface area contributed by atoms with Gasteiger partial charge in [0.1, 0.15) is 5.75 Å². The summed E-state index contributed by atoms with van der Waals surface area (Å²) in [5.41, 5.74) is 0.837. The highest BCUT2D eigenvalue weighted by atomic mass is 32.2. The monoisotopic (exact) mass is 456 g/mol. The number of halogens is 2. The van der Waals surface area contributed by atoms with Gasteiger partial charge in [-0.1, -0.05) is 18.2 Å². The number of piperidine rings is 1. The maximum Gasteiger partial charge on any atom is 0.482 e. The molecule has 1 aromatic carbocycles. The Kier molecular flexibility index (Phi) is 6.04. The molecule has 10 heteroatoms. The first-order valence-corrected chi connectivity index (χ1v) is 12.4. The molecule has 1 atom stereocenters. The van der Waals surface area contributed by atoms with Gasteiger partial charge in [0.2, 0.25) is 10.0 Å². The van der Waals surface area contributed by atoms with Gasteiger partial charge in [0.05, 0.1) is 30.7 Å². The van der Waals surface area contributed by atoms with Crippen LogP contribution in [0.3, 0.4) is 0 Å². The van der Waals surface area contributed by atoms with Gasteiger partial charge in [-0.3, -0.25) is 4.79 Å². The molecule has 1 saturated carbocycles. The molecule has 1 saturated heterocycles. The first kappa shape index (κ1) is 22.1. The molecule has 2 fully saturated rings. The maximum absolute atomic E-state index is 15.0. The summed E-state index contributed by atoms with van der Waals surface area (Å²) < 4.78 is 68.4. The molecule has 0 radical (unpaired) electrons. The number of alkyl halides is 2. The predicted octanol–water partition coefficient (Wildman–Crippen LogP) is 3.11. The number of hydrogen-bond acceptors (Lipinski definition) is 5. The third-order valence-electron chi connectivity index (χ3n) is 6.15. The zero-order chi connectivity index (χ0) is 22.2. The van der Waals surface area contributed by atoms with Crippen LogP contribution in [0.5, 0.6) is 5.75 Å². The molecule has 3 aliphatic heterocycles. The summed E-state index contributed by atoms with van der Waals surface area (Å²) in [6, 6.07) is 5.63. The Labute approximate surface area is 180 Å². The first-order chi connectivity index (χ1) is 14.6. The SMILES string of the molecule is CS(=O)(=O)/N=C1\CCCN2C(=O)C(F)(F)Oc3ccccc3C3CCC(CC3)OC[C@@H]12. The van der Waals surface area contributed by atoms with Crippen LogP contribution in [0.1, 0.15) is 50.0 Å². The second-order valence-electron chi connectivity index (χ2n) is 8.40. The molecule has 4 aliphatic rings. The number of carbonyl (C=O) groups excluding carboxylic acids is 1. The minimum absolute atomic E-state index is 0.00283. The van der Waals surface area contributed by atoms with Crippen LogP contribution in [0.15, 0.2) is 28.7 Å². The van der Waals surface area contributed by atoms with Gasteiger partial charge < -0.3 is 14.4 Å². The van der Waals surface area contributed by atoms with E-state index in [9.17, 15) is 13.2 Å². The Hall–Kier alpha value is -2.07. The zero-order valence-corrected chi connectivity index (χ0v) is 18.1. The average molecular weight is 457 g/mol. The molecule has 0 spiro atoms. The van der Waals surface area contributed by atoms with Crippen LogP contribution in [0.25, 0.3) is 0 Å². The van der Waals surface area contributed by atoms with Crippen LogP contribution >= 0.6 is 0 Å². The van der Waals surface area contributed by atoms with E-state index >= 15 is 8.78 Å². The lowest BCUT2D eigenvalue weighted by atomic mass is 9.82. The van der Waals surface area contributed by atoms with Gasteiger partial charge in [0, 0.05) is 6.54 Å². The van der Waals surface area contributed by atoms with Gasteiger partial charge in [-0.2, -0.15) is 13.2 Å². The van der Waals surface area contributed by atoms with Gasteiger partial charge in [0.25, 0.3) is 0 Å². The van der Waals surface area contributed by atoms with Crippen molar-refractivity contribution in [3.05, 3.63) is 29.8 Å². The third kappa shape index (κ3) is 4.90. The lowest BCUT2D eigenvalue weighted by molar-refractivity contribution is -0.206. The summed E-state index contributed by atoms with van der Waals surface area (Å²) in [6.07, 6.45) is 0.381. The number of ether oxygens (including phenoxy) is 2. The molecule has 1 amide bonds. The van der Waals surface area contributed by atoms with Gasteiger partial charge in [0.15, 0.2) is 0 Å². The van der Waals surface area contributed by atoms with E-state index in [1.54, 1.807) is 18.2 Å². The molecular formula is C21H26F2N2O5S. The van der Waals surface area contributed by atoms with Crippen molar-refractivity contribution in [2.24, 2.45) is 4.40 Å². The van der Waals surface area contributed by atoms with E-state index in [0.29, 0.717) is 18.4 Å². The Balaban J connectivity index is 1.75. The number of carbonyl (C=O) groups is 1. The van der Waals surface area contributed by atoms with Crippen molar-refractivity contribution in [1.29, 1.82) is 0 Å². The summed E-state index contributed by atoms with van der Waals surface area (Å²) in [5, 5.41) is 0. The van der Waals surface area contributed by atoms with Crippen molar-refractivity contribution >= 4 is 21.6 Å². The molecule has 3 heterocycles. The molecule has 0 aromatic heterocycles. The van der Waals surface area contributed by atoms with Crippen molar-refractivity contribution in [3.63, 3.8) is 0 Å². The van der Waals surface area contributed by atoms with E-state index in [0.717, 1.165) is 36.8 Å². The predicted molar refractivity (Wildman–Crippen MR) is 110 cm³/mol. The van der Waals surface area contributed by atoms with Gasteiger partial charge >= 0.3 is 12.0 Å². The van der Waals surface area contributed by atoms with E-state index in [1.807, 2.05) is 0 Å². The van der Waals surface area contributed by atoms with Gasteiger partial charge in [-0.15, -0.1) is 0 Å². The summed E-state index contributed by atoms with van der Waals surface area (Å²) in [6.45, 7) is -0.0258. The van der Waals surface area contributed by atoms with E-state index in [2.05, 4.69) is 4.40 Å². The van der Waals surface area contributed by atoms with Crippen LogP contribution in [-0.2, 0) is 19.6 Å². The van der Waals surface area contributed by atoms with Gasteiger partial charge in [-0.05, 0) is 56.1 Å². The number of nitrogens with zero attached hydrogens (tertiary/aromatic N) is 2. The average Bonchev–Trinajstić information content (AvgIpc) is 2.72. The van der Waals surface area contributed by atoms with Crippen molar-refractivity contribution in [3.8, 4) is 5.75 Å². The van der Waals surface area contributed by atoms with Crippen molar-refractivity contribution in [1.82, 2.24) is 4.90 Å². The second kappa shape index (κ2) is 8.46. The summed E-state index contributed by atoms with van der Waals surface area (Å²) in [4.78, 5) is 13.9. The molecule has 2 bridgehead atoms. The molecule has 0 unspecified atom stereocenters. The van der Waals surface area contributed by atoms with Crippen LogP contribution in [-0.4, -0.2) is 62.6 Å². The molecule has 1 aromatic rings. The fourth-order valence-electron chi connectivity index (χ4n) is 4.71. The highest BCUT2D eigenvalue weighted by molar-refractivity contribution is 7.89. The van der Waals surface area contributed by atoms with Crippen LogP contribution < -0.4 is 4.74 Å². The van der Waals surface area contributed by atoms with E-state index < -0.39 is 28.1 Å². The van der Waals surface area contributed by atoms with E-state index in [-0.39, 0.29) is 36.6 Å². The lowest BCUT2D eigenvalue weighted by Gasteiger charge is -2.38. The van der Waals surface area contributed by atoms with E-state index in [4.69, 9.17) is 9.47 Å². The molecule has 7 nitrogen and oxygen atoms in total. The quantitative estimate of drug-likeness (QED) is 0.648. The lowest BCUT2D eigenvalue weighted by Crippen LogP contribution is -2.57. The molecule has 0 N–H and O–H groups in total. The normalized spacial score (nSPS) is 30.4. The fourth-order valence-corrected chi connectivity index (χ4v) is 5.35. The minimum Gasteiger partial charge on any atom is -0.425 e. The summed E-state index contributed by atoms with van der Waals surface area (Å²) in [7, 11) is -3.75. The first-order valence-electron chi connectivity index (χ1n) is 10.5. The summed E-state index contributed by atoms with van der Waals surface area (Å²) in [5.74, 6) is -1.46. The number of para-hydroxylation sites is 1. The number of sulfonamides is 1. The van der Waals surface area contributed by atoms with Crippen LogP contribution in [0, 0.1) is 0 Å². The maximum atomic E-state index is 15.0. The highest BCUT2D eigenvalue weighted by Crippen LogP contribution is 2.40. The number of benzene rings is 1. The number of rotatable bonds is 1. The van der Waals surface area contributed by atoms with Crippen molar-refractivity contribution in [2.75, 3.05) is 19.4 Å². The van der Waals surface area contributed by atoms with Crippen LogP contribution in [0.4, 0.5) is 8.78 Å². The molecule has 31 heavy (non-hydrogen) atoms. The largest absolute Gasteiger partial charge is 0.482 e. The molecule has 5 rings (SSSR count). The van der Waals surface area contributed by atoms with Crippen molar-refractivity contribution < 1.29 is 31.5 Å². The molecule has 170 valence electrons. The van der Waals surface area contributed by atoms with Crippen LogP contribution in [0.2, 0.25) is 0 Å². The number of hydrogen-bond donors (Lipinski definition) is 0.